The second kappa shape index (κ2) is 13.5. The van der Waals surface area contributed by atoms with E-state index in [-0.39, 0.29) is 53.4 Å². The second-order valence-electron chi connectivity index (χ2n) is 12.1. The minimum atomic E-state index is -0.997. The van der Waals surface area contributed by atoms with Crippen LogP contribution in [0, 0.1) is 11.8 Å². The van der Waals surface area contributed by atoms with Gasteiger partial charge in [-0.3, -0.25) is 14.4 Å². The van der Waals surface area contributed by atoms with E-state index in [2.05, 4.69) is 40.9 Å². The van der Waals surface area contributed by atoms with Crippen LogP contribution in [0.1, 0.15) is 50.5 Å². The molecule has 1 aliphatic rings. The third-order valence-electron chi connectivity index (χ3n) is 8.26. The van der Waals surface area contributed by atoms with Crippen molar-refractivity contribution in [3.05, 3.63) is 66.1 Å². The number of hydrogen-bond acceptors (Lipinski definition) is 13. The average molecular weight is 697 g/mol. The SMILES string of the molecule is CC[C@H](C)[C@@H]1NC(=O)c2nc(oc2-c2ccccc2)-c2csc(n2)-c2coc(n2)-c2coc(n2)-c2coc(n2)CNC(=O)[C@@H](C(C)C)NC1=O. The van der Waals surface area contributed by atoms with Gasteiger partial charge in [-0.05, 0) is 11.8 Å². The Bertz CT molecular complexity index is 2160. The van der Waals surface area contributed by atoms with E-state index in [1.165, 1.54) is 30.1 Å². The highest BCUT2D eigenvalue weighted by atomic mass is 32.1. The number of fused-ring (bicyclic) bond motifs is 14. The number of thiazole rings is 1. The summed E-state index contributed by atoms with van der Waals surface area (Å²) in [5, 5.41) is 10.7. The molecule has 1 aromatic carbocycles. The van der Waals surface area contributed by atoms with Crippen molar-refractivity contribution < 1.29 is 32.1 Å². The predicted molar refractivity (Wildman–Crippen MR) is 179 cm³/mol. The van der Waals surface area contributed by atoms with Crippen LogP contribution in [-0.4, -0.2) is 54.7 Å². The van der Waals surface area contributed by atoms with E-state index in [9.17, 15) is 14.4 Å². The average Bonchev–Trinajstić information content (AvgIpc) is 3.96. The van der Waals surface area contributed by atoms with E-state index in [4.69, 9.17) is 17.7 Å². The summed E-state index contributed by atoms with van der Waals surface area (Å²) in [5.74, 6) is -1.33. The van der Waals surface area contributed by atoms with E-state index < -0.39 is 29.8 Å². The van der Waals surface area contributed by atoms with Gasteiger partial charge >= 0.3 is 0 Å². The van der Waals surface area contributed by atoms with Gasteiger partial charge in [0.15, 0.2) is 22.8 Å². The Morgan fingerprint density at radius 2 is 1.48 bits per heavy atom. The molecule has 7 rings (SSSR count). The Labute approximate surface area is 289 Å². The van der Waals surface area contributed by atoms with Crippen molar-refractivity contribution in [3.63, 3.8) is 0 Å². The molecule has 0 saturated heterocycles. The summed E-state index contributed by atoms with van der Waals surface area (Å²) in [4.78, 5) is 63.8. The van der Waals surface area contributed by atoms with Crippen LogP contribution in [-0.2, 0) is 16.1 Å². The fourth-order valence-corrected chi connectivity index (χ4v) is 6.03. The van der Waals surface area contributed by atoms with Gasteiger partial charge in [-0.2, -0.15) is 0 Å². The molecule has 10 bridgehead atoms. The van der Waals surface area contributed by atoms with Crippen molar-refractivity contribution in [2.45, 2.75) is 52.7 Å². The molecule has 3 amide bonds. The van der Waals surface area contributed by atoms with Crippen molar-refractivity contribution in [1.82, 2.24) is 40.9 Å². The summed E-state index contributed by atoms with van der Waals surface area (Å²) in [6.45, 7) is 7.31. The van der Waals surface area contributed by atoms with Crippen LogP contribution in [0.3, 0.4) is 0 Å². The Morgan fingerprint density at radius 1 is 0.780 bits per heavy atom. The van der Waals surface area contributed by atoms with Crippen molar-refractivity contribution in [1.29, 1.82) is 0 Å². The molecule has 0 fully saturated rings. The molecule has 3 N–H and O–H groups in total. The molecule has 15 nitrogen and oxygen atoms in total. The van der Waals surface area contributed by atoms with Gasteiger partial charge in [-0.25, -0.2) is 24.9 Å². The predicted octanol–water partition coefficient (Wildman–Crippen LogP) is 5.35. The van der Waals surface area contributed by atoms with E-state index in [0.717, 1.165) is 0 Å². The maximum Gasteiger partial charge on any atom is 0.274 e. The zero-order valence-electron chi connectivity index (χ0n) is 27.4. The maximum absolute atomic E-state index is 14.0. The monoisotopic (exact) mass is 696 g/mol. The van der Waals surface area contributed by atoms with Gasteiger partial charge < -0.3 is 33.6 Å². The van der Waals surface area contributed by atoms with Crippen LogP contribution in [0.15, 0.2) is 72.2 Å². The Morgan fingerprint density at radius 3 is 2.22 bits per heavy atom. The van der Waals surface area contributed by atoms with Gasteiger partial charge in [0.2, 0.25) is 35.4 Å². The fourth-order valence-electron chi connectivity index (χ4n) is 5.29. The minimum Gasteiger partial charge on any atom is -0.446 e. The molecule has 3 atom stereocenters. The highest BCUT2D eigenvalue weighted by Gasteiger charge is 2.34. The van der Waals surface area contributed by atoms with Crippen molar-refractivity contribution in [2.24, 2.45) is 11.8 Å². The smallest absolute Gasteiger partial charge is 0.274 e. The first-order valence-corrected chi connectivity index (χ1v) is 16.8. The first kappa shape index (κ1) is 32.6. The first-order chi connectivity index (χ1) is 24.2. The molecule has 6 heterocycles. The standard InChI is InChI=1S/C34H32N8O7S/c1-5-17(4)25-29(44)40-24(16(2)3)28(43)35-11-23-36-19(12-46-23)31-37-20(13-47-31)32-38-21(14-48-32)34-39-22(15-50-34)33-42-26(30(45)41-25)27(49-33)18-9-7-6-8-10-18/h6-10,12-17,24-25H,5,11H2,1-4H3,(H,35,43)(H,40,44)(H,41,45)/t17-,24+,25-/m0/s1. The summed E-state index contributed by atoms with van der Waals surface area (Å²) < 4.78 is 23.0. The molecule has 256 valence electrons. The van der Waals surface area contributed by atoms with Gasteiger partial charge in [0.1, 0.15) is 47.3 Å². The molecule has 0 aliphatic carbocycles. The topological polar surface area (TPSA) is 204 Å². The van der Waals surface area contributed by atoms with Gasteiger partial charge in [0.05, 0.1) is 6.54 Å². The first-order valence-electron chi connectivity index (χ1n) is 16.0. The highest BCUT2D eigenvalue weighted by molar-refractivity contribution is 7.13. The lowest BCUT2D eigenvalue weighted by molar-refractivity contribution is -0.131. The lowest BCUT2D eigenvalue weighted by Gasteiger charge is -2.27. The molecule has 50 heavy (non-hydrogen) atoms. The van der Waals surface area contributed by atoms with Gasteiger partial charge in [0, 0.05) is 10.9 Å². The third-order valence-corrected chi connectivity index (χ3v) is 9.13. The number of carbonyl (C=O) groups is 3. The molecule has 0 spiro atoms. The number of benzene rings is 1. The lowest BCUT2D eigenvalue weighted by atomic mass is 9.96. The van der Waals surface area contributed by atoms with Crippen LogP contribution in [0.5, 0.6) is 0 Å². The summed E-state index contributed by atoms with van der Waals surface area (Å²) in [6, 6.07) is 7.13. The number of carbonyl (C=O) groups excluding carboxylic acids is 3. The van der Waals surface area contributed by atoms with Crippen LogP contribution < -0.4 is 16.0 Å². The molecule has 6 aromatic rings. The zero-order chi connectivity index (χ0) is 34.9. The van der Waals surface area contributed by atoms with Crippen LogP contribution in [0.25, 0.3) is 56.8 Å². The third kappa shape index (κ3) is 6.44. The number of oxazole rings is 4. The summed E-state index contributed by atoms with van der Waals surface area (Å²) in [6.07, 6.45) is 4.74. The minimum absolute atomic E-state index is 0.0228. The molecule has 1 aliphatic heterocycles. The van der Waals surface area contributed by atoms with Crippen LogP contribution in [0.4, 0.5) is 0 Å². The van der Waals surface area contributed by atoms with E-state index >= 15 is 0 Å². The fraction of sp³-hybridized carbons (Fsp3) is 0.294. The van der Waals surface area contributed by atoms with Crippen molar-refractivity contribution in [2.75, 3.05) is 0 Å². The van der Waals surface area contributed by atoms with Crippen LogP contribution >= 0.6 is 11.3 Å². The van der Waals surface area contributed by atoms with E-state index in [1.807, 2.05) is 45.9 Å². The number of rotatable bonds is 4. The van der Waals surface area contributed by atoms with E-state index in [1.54, 1.807) is 17.5 Å². The molecule has 0 unspecified atom stereocenters. The summed E-state index contributed by atoms with van der Waals surface area (Å²) in [5.41, 5.74) is 2.00. The Kier molecular flexibility index (Phi) is 8.84. The van der Waals surface area contributed by atoms with Gasteiger partial charge in [0.25, 0.3) is 5.91 Å². The van der Waals surface area contributed by atoms with Crippen molar-refractivity contribution >= 4 is 29.1 Å². The number of aromatic nitrogens is 5. The molecule has 16 heteroatoms. The number of amides is 3. The van der Waals surface area contributed by atoms with Gasteiger partial charge in [-0.1, -0.05) is 64.4 Å². The Hall–Kier alpha value is -5.90. The molecular weight excluding hydrogens is 664 g/mol. The molecule has 0 radical (unpaired) electrons. The van der Waals surface area contributed by atoms with Gasteiger partial charge in [-0.15, -0.1) is 11.3 Å². The second-order valence-corrected chi connectivity index (χ2v) is 12.9. The van der Waals surface area contributed by atoms with Crippen molar-refractivity contribution in [3.8, 4) is 56.8 Å². The van der Waals surface area contributed by atoms with E-state index in [0.29, 0.717) is 39.8 Å². The number of hydrogen-bond donors (Lipinski definition) is 3. The molecular formula is C34H32N8O7S. The molecule has 5 aromatic heterocycles. The molecule has 0 saturated carbocycles. The Balaban J connectivity index is 1.30. The number of nitrogens with zero attached hydrogens (tertiary/aromatic N) is 5. The summed E-state index contributed by atoms with van der Waals surface area (Å²) >= 11 is 1.28. The number of nitrogens with one attached hydrogen (secondary N) is 3. The largest absolute Gasteiger partial charge is 0.446 e. The van der Waals surface area contributed by atoms with Crippen LogP contribution in [0.2, 0.25) is 0 Å². The zero-order valence-corrected chi connectivity index (χ0v) is 28.2. The summed E-state index contributed by atoms with van der Waals surface area (Å²) in [7, 11) is 0. The highest BCUT2D eigenvalue weighted by Crippen LogP contribution is 2.34. The quantitative estimate of drug-likeness (QED) is 0.214. The lowest BCUT2D eigenvalue weighted by Crippen LogP contribution is -2.57. The normalized spacial score (nSPS) is 17.5. The maximum atomic E-state index is 14.0.